The molecule has 152 valence electrons. The number of hydrogen-bond donors (Lipinski definition) is 1. The summed E-state index contributed by atoms with van der Waals surface area (Å²) in [6.45, 7) is 10.4. The molecule has 0 radical (unpaired) electrons. The second-order valence-electron chi connectivity index (χ2n) is 8.52. The van der Waals surface area contributed by atoms with E-state index in [0.29, 0.717) is 30.6 Å². The van der Waals surface area contributed by atoms with Gasteiger partial charge in [0.15, 0.2) is 11.6 Å². The Balaban J connectivity index is 2.37. The van der Waals surface area contributed by atoms with Crippen LogP contribution in [-0.2, 0) is 16.0 Å². The maximum atomic E-state index is 15.3. The lowest BCUT2D eigenvalue weighted by Gasteiger charge is -2.34. The van der Waals surface area contributed by atoms with Crippen LogP contribution in [0.2, 0.25) is 0 Å². The minimum Gasteiger partial charge on any atom is -0.381 e. The van der Waals surface area contributed by atoms with Gasteiger partial charge < -0.3 is 15.0 Å². The van der Waals surface area contributed by atoms with Gasteiger partial charge in [0, 0.05) is 37.7 Å². The molecule has 1 aliphatic rings. The van der Waals surface area contributed by atoms with Gasteiger partial charge in [0.1, 0.15) is 5.69 Å². The largest absolute Gasteiger partial charge is 0.381 e. The zero-order chi connectivity index (χ0) is 20.4. The summed E-state index contributed by atoms with van der Waals surface area (Å²) >= 11 is 0. The van der Waals surface area contributed by atoms with E-state index in [2.05, 4.69) is 5.32 Å². The van der Waals surface area contributed by atoms with Gasteiger partial charge in [0.05, 0.1) is 11.8 Å². The number of hydrogen-bond acceptors (Lipinski definition) is 3. The summed E-state index contributed by atoms with van der Waals surface area (Å²) in [6, 6.07) is 0. The van der Waals surface area contributed by atoms with E-state index in [4.69, 9.17) is 4.74 Å². The lowest BCUT2D eigenvalue weighted by Crippen LogP contribution is -2.38. The topological polar surface area (TPSA) is 41.6 Å². The highest BCUT2D eigenvalue weighted by Crippen LogP contribution is 2.37. The molecule has 1 aliphatic heterocycles. The minimum atomic E-state index is -0.591. The van der Waals surface area contributed by atoms with Crippen molar-refractivity contribution in [2.45, 2.75) is 66.4 Å². The Labute approximate surface area is 161 Å². The summed E-state index contributed by atoms with van der Waals surface area (Å²) in [7, 11) is 1.66. The van der Waals surface area contributed by atoms with E-state index in [-0.39, 0.29) is 35.2 Å². The SMILES string of the molecule is CCc1c(F)c(N2CCC(OC)CC2)c(F)c(C)c1NC(=O)CC(C)(C)C. The van der Waals surface area contributed by atoms with Gasteiger partial charge in [0.2, 0.25) is 5.91 Å². The molecule has 1 fully saturated rings. The zero-order valence-corrected chi connectivity index (χ0v) is 17.3. The summed E-state index contributed by atoms with van der Waals surface area (Å²) in [5.74, 6) is -1.39. The molecule has 0 unspecified atom stereocenters. The number of amides is 1. The number of ether oxygens (including phenoxy) is 1. The van der Waals surface area contributed by atoms with Crippen molar-refractivity contribution < 1.29 is 18.3 Å². The second kappa shape index (κ2) is 8.55. The third-order valence-electron chi connectivity index (χ3n) is 5.09. The van der Waals surface area contributed by atoms with Gasteiger partial charge in [-0.2, -0.15) is 0 Å². The number of piperidine rings is 1. The van der Waals surface area contributed by atoms with Gasteiger partial charge in [-0.3, -0.25) is 4.79 Å². The smallest absolute Gasteiger partial charge is 0.224 e. The second-order valence-corrected chi connectivity index (χ2v) is 8.52. The number of benzene rings is 1. The van der Waals surface area contributed by atoms with Crippen molar-refractivity contribution in [3.63, 3.8) is 0 Å². The van der Waals surface area contributed by atoms with Crippen molar-refractivity contribution in [3.8, 4) is 0 Å². The van der Waals surface area contributed by atoms with Crippen LogP contribution >= 0.6 is 0 Å². The van der Waals surface area contributed by atoms with Crippen molar-refractivity contribution in [3.05, 3.63) is 22.8 Å². The quantitative estimate of drug-likeness (QED) is 0.793. The normalized spacial score (nSPS) is 15.9. The number of halogens is 2. The van der Waals surface area contributed by atoms with Gasteiger partial charge in [0.25, 0.3) is 0 Å². The van der Waals surface area contributed by atoms with Gasteiger partial charge >= 0.3 is 0 Å². The number of methoxy groups -OCH3 is 1. The van der Waals surface area contributed by atoms with Gasteiger partial charge in [-0.05, 0) is 31.6 Å². The molecule has 27 heavy (non-hydrogen) atoms. The summed E-state index contributed by atoms with van der Waals surface area (Å²) in [6.07, 6.45) is 2.26. The molecule has 1 N–H and O–H groups in total. The summed E-state index contributed by atoms with van der Waals surface area (Å²) in [5, 5.41) is 2.76. The number of nitrogens with one attached hydrogen (secondary N) is 1. The lowest BCUT2D eigenvalue weighted by atomic mass is 9.91. The van der Waals surface area contributed by atoms with E-state index >= 15 is 8.78 Å². The first-order valence-corrected chi connectivity index (χ1v) is 9.67. The first-order chi connectivity index (χ1) is 12.6. The standard InChI is InChI=1S/C21H32F2N2O2/c1-7-15-18(23)20(25-10-8-14(27-6)9-11-25)17(22)13(2)19(15)24-16(26)12-21(3,4)5/h14H,7-12H2,1-6H3,(H,24,26). The minimum absolute atomic E-state index is 0.0210. The molecule has 0 saturated carbocycles. The number of anilines is 2. The molecule has 6 heteroatoms. The lowest BCUT2D eigenvalue weighted by molar-refractivity contribution is -0.117. The van der Waals surface area contributed by atoms with Crippen molar-refractivity contribution in [1.29, 1.82) is 0 Å². The molecule has 1 saturated heterocycles. The molecule has 1 heterocycles. The highest BCUT2D eigenvalue weighted by Gasteiger charge is 2.29. The molecular formula is C21H32F2N2O2. The molecule has 0 spiro atoms. The number of nitrogens with zero attached hydrogens (tertiary/aromatic N) is 1. The Morgan fingerprint density at radius 3 is 2.30 bits per heavy atom. The van der Waals surface area contributed by atoms with Crippen LogP contribution in [0.1, 0.15) is 58.1 Å². The Morgan fingerprint density at radius 2 is 1.81 bits per heavy atom. The molecule has 1 aromatic carbocycles. The third kappa shape index (κ3) is 4.98. The molecule has 0 aromatic heterocycles. The van der Waals surface area contributed by atoms with Crippen LogP contribution in [0.4, 0.5) is 20.2 Å². The van der Waals surface area contributed by atoms with E-state index in [0.717, 1.165) is 12.8 Å². The van der Waals surface area contributed by atoms with E-state index < -0.39 is 11.6 Å². The molecule has 0 aliphatic carbocycles. The molecule has 4 nitrogen and oxygen atoms in total. The Bertz CT molecular complexity index is 691. The summed E-state index contributed by atoms with van der Waals surface area (Å²) in [4.78, 5) is 14.1. The van der Waals surface area contributed by atoms with Crippen LogP contribution in [0.5, 0.6) is 0 Å². The van der Waals surface area contributed by atoms with Gasteiger partial charge in [-0.1, -0.05) is 27.7 Å². The van der Waals surface area contributed by atoms with Crippen LogP contribution in [-0.4, -0.2) is 32.2 Å². The number of carbonyl (C=O) groups is 1. The van der Waals surface area contributed by atoms with Crippen molar-refractivity contribution >= 4 is 17.3 Å². The first kappa shape index (κ1) is 21.6. The van der Waals surface area contributed by atoms with Gasteiger partial charge in [-0.15, -0.1) is 0 Å². The highest BCUT2D eigenvalue weighted by atomic mass is 19.1. The summed E-state index contributed by atoms with van der Waals surface area (Å²) in [5.41, 5.74) is 0.747. The van der Waals surface area contributed by atoms with Crippen molar-refractivity contribution in [1.82, 2.24) is 0 Å². The number of rotatable bonds is 5. The van der Waals surface area contributed by atoms with Gasteiger partial charge in [-0.25, -0.2) is 8.78 Å². The molecule has 1 aromatic rings. The van der Waals surface area contributed by atoms with E-state index in [1.807, 2.05) is 27.7 Å². The number of carbonyl (C=O) groups excluding carboxylic acids is 1. The predicted octanol–water partition coefficient (Wildman–Crippen LogP) is 4.83. The van der Waals surface area contributed by atoms with Crippen molar-refractivity contribution in [2.24, 2.45) is 5.41 Å². The molecular weight excluding hydrogens is 350 g/mol. The zero-order valence-electron chi connectivity index (χ0n) is 17.3. The third-order valence-corrected chi connectivity index (χ3v) is 5.09. The van der Waals surface area contributed by atoms with Crippen LogP contribution in [0.15, 0.2) is 0 Å². The maximum absolute atomic E-state index is 15.3. The summed E-state index contributed by atoms with van der Waals surface area (Å²) < 4.78 is 35.7. The van der Waals surface area contributed by atoms with E-state index in [1.54, 1.807) is 18.9 Å². The van der Waals surface area contributed by atoms with Crippen LogP contribution in [0.3, 0.4) is 0 Å². The first-order valence-electron chi connectivity index (χ1n) is 9.67. The average Bonchev–Trinajstić information content (AvgIpc) is 2.59. The Morgan fingerprint density at radius 1 is 1.22 bits per heavy atom. The molecule has 1 amide bonds. The average molecular weight is 382 g/mol. The fourth-order valence-corrected chi connectivity index (χ4v) is 3.62. The maximum Gasteiger partial charge on any atom is 0.224 e. The molecule has 0 atom stereocenters. The van der Waals surface area contributed by atoms with E-state index in [1.165, 1.54) is 0 Å². The predicted molar refractivity (Wildman–Crippen MR) is 105 cm³/mol. The Kier molecular flexibility index (Phi) is 6.84. The van der Waals surface area contributed by atoms with Crippen LogP contribution < -0.4 is 10.2 Å². The Hall–Kier alpha value is -1.69. The van der Waals surface area contributed by atoms with Crippen LogP contribution in [0, 0.1) is 24.0 Å². The fourth-order valence-electron chi connectivity index (χ4n) is 3.62. The molecule has 0 bridgehead atoms. The highest BCUT2D eigenvalue weighted by molar-refractivity contribution is 5.93. The van der Waals surface area contributed by atoms with Crippen molar-refractivity contribution in [2.75, 3.05) is 30.4 Å². The fraction of sp³-hybridized carbons (Fsp3) is 0.667. The van der Waals surface area contributed by atoms with Crippen LogP contribution in [0.25, 0.3) is 0 Å². The monoisotopic (exact) mass is 382 g/mol. The van der Waals surface area contributed by atoms with E-state index in [9.17, 15) is 4.79 Å². The molecule has 2 rings (SSSR count).